The summed E-state index contributed by atoms with van der Waals surface area (Å²) in [5.74, 6) is -1.16. The van der Waals surface area contributed by atoms with Crippen molar-refractivity contribution in [2.45, 2.75) is 13.0 Å². The predicted octanol–water partition coefficient (Wildman–Crippen LogP) is 3.78. The molecule has 1 atom stereocenters. The molecule has 2 rings (SSSR count). The molecular weight excluding hydrogens is 236 g/mol. The second-order valence-electron chi connectivity index (χ2n) is 3.98. The molecule has 0 aliphatic carbocycles. The molecule has 2 nitrogen and oxygen atoms in total. The molecular formula is C14H13F2NO. The van der Waals surface area contributed by atoms with Crippen molar-refractivity contribution in [3.63, 3.8) is 0 Å². The molecule has 1 unspecified atom stereocenters. The molecule has 0 fully saturated rings. The molecule has 0 aliphatic rings. The van der Waals surface area contributed by atoms with E-state index in [1.165, 1.54) is 24.3 Å². The second kappa shape index (κ2) is 5.14. The number of halogens is 2. The molecule has 2 aromatic rings. The fourth-order valence-corrected chi connectivity index (χ4v) is 1.63. The molecule has 0 aliphatic heterocycles. The molecule has 0 aromatic heterocycles. The highest BCUT2D eigenvalue weighted by Crippen LogP contribution is 2.32. The van der Waals surface area contributed by atoms with Crippen LogP contribution in [0.5, 0.6) is 11.5 Å². The first-order chi connectivity index (χ1) is 8.59. The lowest BCUT2D eigenvalue weighted by molar-refractivity contribution is 0.407. The van der Waals surface area contributed by atoms with Gasteiger partial charge in [0.15, 0.2) is 23.1 Å². The van der Waals surface area contributed by atoms with Gasteiger partial charge in [-0.15, -0.1) is 0 Å². The highest BCUT2D eigenvalue weighted by Gasteiger charge is 2.15. The third-order valence-electron chi connectivity index (χ3n) is 2.54. The molecule has 2 aromatic carbocycles. The molecule has 0 heterocycles. The summed E-state index contributed by atoms with van der Waals surface area (Å²) in [5, 5.41) is 0. The second-order valence-corrected chi connectivity index (χ2v) is 3.98. The summed E-state index contributed by atoms with van der Waals surface area (Å²) < 4.78 is 32.5. The monoisotopic (exact) mass is 249 g/mol. The molecule has 0 amide bonds. The molecule has 0 spiro atoms. The molecule has 18 heavy (non-hydrogen) atoms. The summed E-state index contributed by atoms with van der Waals surface area (Å²) in [6, 6.07) is 9.89. The van der Waals surface area contributed by atoms with Crippen molar-refractivity contribution >= 4 is 0 Å². The van der Waals surface area contributed by atoms with Gasteiger partial charge in [-0.1, -0.05) is 24.3 Å². The molecule has 94 valence electrons. The van der Waals surface area contributed by atoms with E-state index in [0.29, 0.717) is 5.56 Å². The van der Waals surface area contributed by atoms with Crippen LogP contribution in [0.1, 0.15) is 18.5 Å². The van der Waals surface area contributed by atoms with E-state index in [4.69, 9.17) is 10.5 Å². The van der Waals surface area contributed by atoms with Crippen LogP contribution in [0.15, 0.2) is 42.5 Å². The number of para-hydroxylation sites is 2. The molecule has 0 radical (unpaired) electrons. The first kappa shape index (κ1) is 12.5. The van der Waals surface area contributed by atoms with Crippen molar-refractivity contribution in [2.24, 2.45) is 5.73 Å². The van der Waals surface area contributed by atoms with Gasteiger partial charge < -0.3 is 10.5 Å². The van der Waals surface area contributed by atoms with Crippen LogP contribution in [0.4, 0.5) is 8.78 Å². The van der Waals surface area contributed by atoms with Gasteiger partial charge in [-0.25, -0.2) is 8.78 Å². The summed E-state index contributed by atoms with van der Waals surface area (Å²) in [5.41, 5.74) is 6.23. The maximum absolute atomic E-state index is 13.7. The maximum atomic E-state index is 13.7. The number of hydrogen-bond donors (Lipinski definition) is 1. The molecule has 4 heteroatoms. The SMILES string of the molecule is CC(N)c1cccc(F)c1Oc1ccccc1F. The van der Waals surface area contributed by atoms with E-state index in [2.05, 4.69) is 0 Å². The standard InChI is InChI=1S/C14H13F2NO/c1-9(17)10-5-4-7-12(16)14(10)18-13-8-3-2-6-11(13)15/h2-9H,17H2,1H3. The Bertz CT molecular complexity index is 555. The Morgan fingerprint density at radius 1 is 1.00 bits per heavy atom. The number of rotatable bonds is 3. The van der Waals surface area contributed by atoms with Gasteiger partial charge in [0.1, 0.15) is 0 Å². The molecule has 0 bridgehead atoms. The summed E-state index contributed by atoms with van der Waals surface area (Å²) in [6.45, 7) is 1.71. The van der Waals surface area contributed by atoms with Crippen LogP contribution in [-0.4, -0.2) is 0 Å². The van der Waals surface area contributed by atoms with E-state index in [9.17, 15) is 8.78 Å². The van der Waals surface area contributed by atoms with Gasteiger partial charge in [-0.3, -0.25) is 0 Å². The van der Waals surface area contributed by atoms with Gasteiger partial charge >= 0.3 is 0 Å². The minimum absolute atomic E-state index is 0.0236. The zero-order chi connectivity index (χ0) is 13.1. The average molecular weight is 249 g/mol. The minimum Gasteiger partial charge on any atom is -0.451 e. The topological polar surface area (TPSA) is 35.2 Å². The number of benzene rings is 2. The Balaban J connectivity index is 2.43. The highest BCUT2D eigenvalue weighted by molar-refractivity contribution is 5.40. The van der Waals surface area contributed by atoms with Gasteiger partial charge in [0.25, 0.3) is 0 Å². The van der Waals surface area contributed by atoms with Crippen LogP contribution in [0.3, 0.4) is 0 Å². The van der Waals surface area contributed by atoms with Crippen molar-refractivity contribution in [2.75, 3.05) is 0 Å². The lowest BCUT2D eigenvalue weighted by atomic mass is 10.1. The van der Waals surface area contributed by atoms with Crippen LogP contribution in [0.25, 0.3) is 0 Å². The van der Waals surface area contributed by atoms with Gasteiger partial charge in [0.05, 0.1) is 0 Å². The Labute approximate surface area is 104 Å². The first-order valence-electron chi connectivity index (χ1n) is 5.56. The number of hydrogen-bond acceptors (Lipinski definition) is 2. The molecule has 0 saturated carbocycles. The summed E-state index contributed by atoms with van der Waals surface area (Å²) in [4.78, 5) is 0. The Kier molecular flexibility index (Phi) is 3.58. The normalized spacial score (nSPS) is 12.2. The Hall–Kier alpha value is -1.94. The quantitative estimate of drug-likeness (QED) is 0.898. The van der Waals surface area contributed by atoms with Gasteiger partial charge in [-0.05, 0) is 25.1 Å². The van der Waals surface area contributed by atoms with Crippen molar-refractivity contribution < 1.29 is 13.5 Å². The zero-order valence-electron chi connectivity index (χ0n) is 9.86. The van der Waals surface area contributed by atoms with Crippen molar-refractivity contribution in [1.82, 2.24) is 0 Å². The van der Waals surface area contributed by atoms with Crippen LogP contribution in [-0.2, 0) is 0 Å². The predicted molar refractivity (Wildman–Crippen MR) is 65.5 cm³/mol. The van der Waals surface area contributed by atoms with Crippen molar-refractivity contribution in [3.05, 3.63) is 59.7 Å². The number of ether oxygens (including phenoxy) is 1. The van der Waals surface area contributed by atoms with Gasteiger partial charge in [0, 0.05) is 11.6 Å². The Morgan fingerprint density at radius 2 is 1.67 bits per heavy atom. The lowest BCUT2D eigenvalue weighted by Gasteiger charge is -2.14. The lowest BCUT2D eigenvalue weighted by Crippen LogP contribution is -2.08. The van der Waals surface area contributed by atoms with E-state index in [-0.39, 0.29) is 11.5 Å². The van der Waals surface area contributed by atoms with Crippen LogP contribution in [0.2, 0.25) is 0 Å². The fourth-order valence-electron chi connectivity index (χ4n) is 1.63. The van der Waals surface area contributed by atoms with E-state index in [1.807, 2.05) is 0 Å². The number of nitrogens with two attached hydrogens (primary N) is 1. The first-order valence-corrected chi connectivity index (χ1v) is 5.56. The molecule has 0 saturated heterocycles. The Morgan fingerprint density at radius 3 is 2.33 bits per heavy atom. The minimum atomic E-state index is -0.562. The van der Waals surface area contributed by atoms with Crippen LogP contribution < -0.4 is 10.5 Å². The van der Waals surface area contributed by atoms with Crippen molar-refractivity contribution in [3.8, 4) is 11.5 Å². The third kappa shape index (κ3) is 2.49. The summed E-state index contributed by atoms with van der Waals surface area (Å²) >= 11 is 0. The van der Waals surface area contributed by atoms with E-state index >= 15 is 0 Å². The largest absolute Gasteiger partial charge is 0.451 e. The summed E-state index contributed by atoms with van der Waals surface area (Å²) in [7, 11) is 0. The fraction of sp³-hybridized carbons (Fsp3) is 0.143. The highest BCUT2D eigenvalue weighted by atomic mass is 19.1. The van der Waals surface area contributed by atoms with E-state index in [0.717, 1.165) is 0 Å². The van der Waals surface area contributed by atoms with Crippen LogP contribution >= 0.6 is 0 Å². The smallest absolute Gasteiger partial charge is 0.167 e. The summed E-state index contributed by atoms with van der Waals surface area (Å²) in [6.07, 6.45) is 0. The van der Waals surface area contributed by atoms with Gasteiger partial charge in [-0.2, -0.15) is 0 Å². The third-order valence-corrected chi connectivity index (χ3v) is 2.54. The average Bonchev–Trinajstić information content (AvgIpc) is 2.34. The van der Waals surface area contributed by atoms with Crippen molar-refractivity contribution in [1.29, 1.82) is 0 Å². The van der Waals surface area contributed by atoms with E-state index in [1.54, 1.807) is 25.1 Å². The maximum Gasteiger partial charge on any atom is 0.167 e. The van der Waals surface area contributed by atoms with Crippen LogP contribution in [0, 0.1) is 11.6 Å². The zero-order valence-corrected chi connectivity index (χ0v) is 9.86. The van der Waals surface area contributed by atoms with Gasteiger partial charge in [0.2, 0.25) is 0 Å². The van der Waals surface area contributed by atoms with E-state index < -0.39 is 17.7 Å². The molecule has 2 N–H and O–H groups in total.